The summed E-state index contributed by atoms with van der Waals surface area (Å²) in [6, 6.07) is 6.59. The molecule has 8 nitrogen and oxygen atoms in total. The fourth-order valence-electron chi connectivity index (χ4n) is 5.13. The minimum atomic E-state index is -0.155. The maximum Gasteiger partial charge on any atom is 0.276 e. The second-order valence-corrected chi connectivity index (χ2v) is 9.15. The number of hydrogen-bond acceptors (Lipinski definition) is 6. The zero-order chi connectivity index (χ0) is 23.7. The second kappa shape index (κ2) is 10.7. The minimum absolute atomic E-state index is 0. The van der Waals surface area contributed by atoms with Gasteiger partial charge in [0, 0.05) is 30.5 Å². The number of amides is 1. The van der Waals surface area contributed by atoms with Crippen molar-refractivity contribution < 1.29 is 4.79 Å². The molecule has 186 valence electrons. The molecule has 0 unspecified atom stereocenters. The van der Waals surface area contributed by atoms with Gasteiger partial charge in [-0.05, 0) is 68.3 Å². The highest BCUT2D eigenvalue weighted by Gasteiger charge is 2.29. The number of rotatable bonds is 6. The third-order valence-electron chi connectivity index (χ3n) is 7.00. The highest BCUT2D eigenvalue weighted by Crippen LogP contribution is 2.34. The summed E-state index contributed by atoms with van der Waals surface area (Å²) in [7, 11) is 1.89. The summed E-state index contributed by atoms with van der Waals surface area (Å²) >= 11 is 0. The van der Waals surface area contributed by atoms with Gasteiger partial charge in [-0.15, -0.1) is 12.4 Å². The number of aryl methyl sites for hydroxylation is 4. The van der Waals surface area contributed by atoms with Crippen LogP contribution >= 0.6 is 12.4 Å². The lowest BCUT2D eigenvalue weighted by molar-refractivity contribution is 0.102. The molecule has 2 aliphatic rings. The number of carbonyl (C=O) groups is 1. The molecule has 2 aromatic heterocycles. The van der Waals surface area contributed by atoms with Crippen molar-refractivity contribution in [2.45, 2.75) is 58.4 Å². The van der Waals surface area contributed by atoms with Gasteiger partial charge < -0.3 is 16.0 Å². The van der Waals surface area contributed by atoms with Crippen molar-refractivity contribution in [1.82, 2.24) is 25.1 Å². The first-order valence-corrected chi connectivity index (χ1v) is 12.4. The highest BCUT2D eigenvalue weighted by atomic mass is 35.5. The van der Waals surface area contributed by atoms with Gasteiger partial charge in [-0.1, -0.05) is 32.0 Å². The Kier molecular flexibility index (Phi) is 7.72. The fraction of sp³-hybridized carbons (Fsp3) is 0.462. The van der Waals surface area contributed by atoms with Gasteiger partial charge in [0.2, 0.25) is 5.95 Å². The largest absolute Gasteiger partial charge is 0.351 e. The fourth-order valence-corrected chi connectivity index (χ4v) is 5.13. The lowest BCUT2D eigenvalue weighted by Gasteiger charge is -2.24. The molecule has 0 atom stereocenters. The molecule has 3 heterocycles. The van der Waals surface area contributed by atoms with E-state index in [1.807, 2.05) is 13.2 Å². The predicted molar refractivity (Wildman–Crippen MR) is 142 cm³/mol. The highest BCUT2D eigenvalue weighted by molar-refractivity contribution is 6.05. The topological polar surface area (TPSA) is 96.8 Å². The van der Waals surface area contributed by atoms with Gasteiger partial charge in [0.25, 0.3) is 5.91 Å². The molecule has 1 fully saturated rings. The Balaban J connectivity index is 0.00000289. The van der Waals surface area contributed by atoms with Crippen molar-refractivity contribution in [3.63, 3.8) is 0 Å². The summed E-state index contributed by atoms with van der Waals surface area (Å²) < 4.78 is 1.80. The quantitative estimate of drug-likeness (QED) is 0.479. The van der Waals surface area contributed by atoms with Gasteiger partial charge in [-0.3, -0.25) is 9.48 Å². The third-order valence-corrected chi connectivity index (χ3v) is 7.00. The van der Waals surface area contributed by atoms with Crippen molar-refractivity contribution in [2.75, 3.05) is 23.7 Å². The van der Waals surface area contributed by atoms with Crippen LogP contribution in [0.25, 0.3) is 11.4 Å². The standard InChI is InChI=1S/C26H33N7O.ClH/c1-4-16-7-6-8-17(5-2)21(16)30-25(34)23-20-10-9-18-15-28-26(29-19-11-13-27-14-12-19)31-22(18)24(20)33(3)32-23;/h6-8,15,19,27H,4-5,9-14H2,1-3H3,(H,30,34)(H,28,29,31);1H. The minimum Gasteiger partial charge on any atom is -0.351 e. The number of benzene rings is 1. The second-order valence-electron chi connectivity index (χ2n) is 9.15. The SMILES string of the molecule is CCc1cccc(CC)c1NC(=O)c1nn(C)c2c1CCc1cnc(NC3CCNCC3)nc1-2.Cl. The summed E-state index contributed by atoms with van der Waals surface area (Å²) in [5.74, 6) is 0.494. The summed E-state index contributed by atoms with van der Waals surface area (Å²) in [4.78, 5) is 22.9. The zero-order valence-electron chi connectivity index (χ0n) is 20.6. The number of hydrogen-bond donors (Lipinski definition) is 3. The van der Waals surface area contributed by atoms with Crippen LogP contribution in [0.1, 0.15) is 59.4 Å². The number of nitrogens with zero attached hydrogens (tertiary/aromatic N) is 4. The van der Waals surface area contributed by atoms with Crippen LogP contribution in [0.2, 0.25) is 0 Å². The van der Waals surface area contributed by atoms with E-state index >= 15 is 0 Å². The average molecular weight is 496 g/mol. The van der Waals surface area contributed by atoms with E-state index in [1.54, 1.807) is 4.68 Å². The number of para-hydroxylation sites is 1. The molecule has 3 N–H and O–H groups in total. The van der Waals surface area contributed by atoms with Crippen molar-refractivity contribution >= 4 is 29.9 Å². The molecule has 0 spiro atoms. The summed E-state index contributed by atoms with van der Waals surface area (Å²) in [5, 5.41) is 14.7. The first kappa shape index (κ1) is 25.1. The molecule has 3 aromatic rings. The number of nitrogens with one attached hydrogen (secondary N) is 3. The van der Waals surface area contributed by atoms with Gasteiger partial charge >= 0.3 is 0 Å². The van der Waals surface area contributed by atoms with E-state index in [0.717, 1.165) is 90.9 Å². The molecular formula is C26H34ClN7O. The van der Waals surface area contributed by atoms with E-state index in [1.165, 1.54) is 0 Å². The van der Waals surface area contributed by atoms with Gasteiger partial charge in [0.1, 0.15) is 0 Å². The van der Waals surface area contributed by atoms with E-state index < -0.39 is 0 Å². The van der Waals surface area contributed by atoms with E-state index in [4.69, 9.17) is 4.98 Å². The molecule has 0 radical (unpaired) electrons. The number of carbonyl (C=O) groups excluding carboxylic acids is 1. The van der Waals surface area contributed by atoms with E-state index in [-0.39, 0.29) is 18.3 Å². The molecule has 1 aliphatic carbocycles. The Labute approximate surface area is 212 Å². The molecular weight excluding hydrogens is 462 g/mol. The molecule has 1 aromatic carbocycles. The van der Waals surface area contributed by atoms with Gasteiger partial charge in [0.15, 0.2) is 5.69 Å². The van der Waals surface area contributed by atoms with Gasteiger partial charge in [0.05, 0.1) is 11.4 Å². The van der Waals surface area contributed by atoms with Crippen LogP contribution in [-0.2, 0) is 32.7 Å². The van der Waals surface area contributed by atoms with Gasteiger partial charge in [-0.2, -0.15) is 5.10 Å². The van der Waals surface area contributed by atoms with Crippen LogP contribution < -0.4 is 16.0 Å². The number of halogens is 1. The monoisotopic (exact) mass is 495 g/mol. The lowest BCUT2D eigenvalue weighted by Crippen LogP contribution is -2.35. The molecule has 35 heavy (non-hydrogen) atoms. The maximum absolute atomic E-state index is 13.4. The predicted octanol–water partition coefficient (Wildman–Crippen LogP) is 3.94. The number of aromatic nitrogens is 4. The molecule has 0 saturated carbocycles. The zero-order valence-corrected chi connectivity index (χ0v) is 21.5. The average Bonchev–Trinajstić information content (AvgIpc) is 3.21. The number of anilines is 2. The molecule has 5 rings (SSSR count). The Morgan fingerprint density at radius 1 is 1.14 bits per heavy atom. The first-order valence-electron chi connectivity index (χ1n) is 12.4. The van der Waals surface area contributed by atoms with Crippen LogP contribution in [0.3, 0.4) is 0 Å². The van der Waals surface area contributed by atoms with Crippen LogP contribution in [0, 0.1) is 0 Å². The summed E-state index contributed by atoms with van der Waals surface area (Å²) in [6.07, 6.45) is 7.31. The Hall–Kier alpha value is -2.97. The van der Waals surface area contributed by atoms with E-state index in [0.29, 0.717) is 17.7 Å². The normalized spacial score (nSPS) is 15.1. The van der Waals surface area contributed by atoms with Crippen molar-refractivity contribution in [3.05, 3.63) is 52.3 Å². The maximum atomic E-state index is 13.4. The van der Waals surface area contributed by atoms with Crippen LogP contribution in [0.5, 0.6) is 0 Å². The number of piperidine rings is 1. The Morgan fingerprint density at radius 3 is 2.54 bits per heavy atom. The van der Waals surface area contributed by atoms with Crippen LogP contribution in [0.15, 0.2) is 24.4 Å². The van der Waals surface area contributed by atoms with E-state index in [9.17, 15) is 4.79 Å². The lowest BCUT2D eigenvalue weighted by atomic mass is 9.93. The Bertz CT molecular complexity index is 1190. The number of fused-ring (bicyclic) bond motifs is 3. The van der Waals surface area contributed by atoms with Crippen molar-refractivity contribution in [1.29, 1.82) is 0 Å². The van der Waals surface area contributed by atoms with Crippen molar-refractivity contribution in [3.8, 4) is 11.4 Å². The summed E-state index contributed by atoms with van der Waals surface area (Å²) in [6.45, 7) is 6.24. The van der Waals surface area contributed by atoms with Crippen LogP contribution in [-0.4, -0.2) is 44.8 Å². The van der Waals surface area contributed by atoms with Crippen LogP contribution in [0.4, 0.5) is 11.6 Å². The third kappa shape index (κ3) is 4.90. The molecule has 9 heteroatoms. The van der Waals surface area contributed by atoms with Crippen molar-refractivity contribution in [2.24, 2.45) is 7.05 Å². The molecule has 1 amide bonds. The molecule has 1 aliphatic heterocycles. The smallest absolute Gasteiger partial charge is 0.276 e. The Morgan fingerprint density at radius 2 is 1.86 bits per heavy atom. The summed E-state index contributed by atoms with van der Waals surface area (Å²) in [5.41, 5.74) is 7.56. The van der Waals surface area contributed by atoms with E-state index in [2.05, 4.69) is 58.1 Å². The first-order chi connectivity index (χ1) is 16.6. The van der Waals surface area contributed by atoms with Gasteiger partial charge in [-0.25, -0.2) is 9.97 Å². The molecule has 0 bridgehead atoms. The molecule has 1 saturated heterocycles.